The minimum Gasteiger partial charge on any atom is -0.364 e. The quantitative estimate of drug-likeness (QED) is 0.600. The maximum Gasteiger partial charge on any atom is 0.311 e. The molecule has 1 heterocycles. The fourth-order valence-corrected chi connectivity index (χ4v) is 6.22. The van der Waals surface area contributed by atoms with Crippen LogP contribution in [0.4, 0.5) is 11.4 Å². The first-order chi connectivity index (χ1) is 11.3. The summed E-state index contributed by atoms with van der Waals surface area (Å²) in [6.07, 6.45) is 6.94. The first-order valence-corrected chi connectivity index (χ1v) is 11.1. The van der Waals surface area contributed by atoms with Gasteiger partial charge in [0.25, 0.3) is 0 Å². The summed E-state index contributed by atoms with van der Waals surface area (Å²) in [5.41, 5.74) is 0.158. The summed E-state index contributed by atoms with van der Waals surface area (Å²) in [6.45, 7) is 1.46. The van der Waals surface area contributed by atoms with Gasteiger partial charge in [0, 0.05) is 29.8 Å². The van der Waals surface area contributed by atoms with E-state index in [4.69, 9.17) is 0 Å². The molecule has 1 aromatic rings. The van der Waals surface area contributed by atoms with Crippen molar-refractivity contribution in [1.82, 2.24) is 0 Å². The highest BCUT2D eigenvalue weighted by atomic mass is 32.2. The van der Waals surface area contributed by atoms with Crippen LogP contribution in [0, 0.1) is 10.1 Å². The average Bonchev–Trinajstić information content (AvgIpc) is 2.54. The molecule has 0 unspecified atom stereocenters. The number of nitro benzene ring substituents is 1. The standard InChI is InChI=1S/C16H22N2O4S2/c1-24(21,22)14-7-5-6-13(15(14)18(19)20)17-10-11-23-16(12-17)8-3-2-4-9-16/h5-7H,2-4,8-12H2,1H3. The van der Waals surface area contributed by atoms with Gasteiger partial charge in [-0.2, -0.15) is 11.8 Å². The van der Waals surface area contributed by atoms with Gasteiger partial charge in [0.1, 0.15) is 10.6 Å². The van der Waals surface area contributed by atoms with Crippen LogP contribution in [0.1, 0.15) is 32.1 Å². The minimum atomic E-state index is -3.65. The SMILES string of the molecule is CS(=O)(=O)c1cccc(N2CCSC3(CCCCC3)C2)c1[N+](=O)[O-]. The highest BCUT2D eigenvalue weighted by Crippen LogP contribution is 2.45. The number of benzene rings is 1. The Morgan fingerprint density at radius 1 is 1.25 bits per heavy atom. The fraction of sp³-hybridized carbons (Fsp3) is 0.625. The van der Waals surface area contributed by atoms with Gasteiger partial charge in [-0.3, -0.25) is 10.1 Å². The molecule has 0 N–H and O–H groups in total. The molecule has 1 aromatic carbocycles. The molecule has 0 atom stereocenters. The fourth-order valence-electron chi connectivity index (χ4n) is 3.80. The lowest BCUT2D eigenvalue weighted by molar-refractivity contribution is -0.387. The van der Waals surface area contributed by atoms with Crippen LogP contribution in [0.2, 0.25) is 0 Å². The Morgan fingerprint density at radius 2 is 1.96 bits per heavy atom. The first kappa shape index (κ1) is 17.5. The third kappa shape index (κ3) is 3.39. The smallest absolute Gasteiger partial charge is 0.311 e. The van der Waals surface area contributed by atoms with Crippen LogP contribution in [0.15, 0.2) is 23.1 Å². The van der Waals surface area contributed by atoms with E-state index < -0.39 is 14.8 Å². The molecule has 3 rings (SSSR count). The Balaban J connectivity index is 2.01. The highest BCUT2D eigenvalue weighted by molar-refractivity contribution is 8.00. The molecule has 1 saturated heterocycles. The van der Waals surface area contributed by atoms with Crippen LogP contribution in [-0.4, -0.2) is 43.2 Å². The van der Waals surface area contributed by atoms with Crippen molar-refractivity contribution >= 4 is 33.0 Å². The summed E-state index contributed by atoms with van der Waals surface area (Å²) >= 11 is 1.98. The van der Waals surface area contributed by atoms with Gasteiger partial charge < -0.3 is 4.90 Å². The Labute approximate surface area is 146 Å². The maximum atomic E-state index is 12.0. The van der Waals surface area contributed by atoms with Crippen molar-refractivity contribution < 1.29 is 13.3 Å². The molecule has 2 aliphatic rings. The Kier molecular flexibility index (Phi) is 4.79. The molecule has 132 valence electrons. The van der Waals surface area contributed by atoms with Crippen LogP contribution in [0.5, 0.6) is 0 Å². The molecular weight excluding hydrogens is 348 g/mol. The van der Waals surface area contributed by atoms with Gasteiger partial charge in [0.2, 0.25) is 0 Å². The average molecular weight is 370 g/mol. The van der Waals surface area contributed by atoms with E-state index in [-0.39, 0.29) is 15.3 Å². The number of sulfone groups is 1. The molecule has 0 radical (unpaired) electrons. The zero-order chi connectivity index (χ0) is 17.4. The number of para-hydroxylation sites is 1. The van der Waals surface area contributed by atoms with Gasteiger partial charge >= 0.3 is 5.69 Å². The van der Waals surface area contributed by atoms with Crippen molar-refractivity contribution in [2.75, 3.05) is 30.0 Å². The predicted molar refractivity (Wildman–Crippen MR) is 96.7 cm³/mol. The van der Waals surface area contributed by atoms with Crippen molar-refractivity contribution in [3.8, 4) is 0 Å². The molecule has 1 aliphatic carbocycles. The van der Waals surface area contributed by atoms with E-state index >= 15 is 0 Å². The minimum absolute atomic E-state index is 0.158. The molecule has 0 aromatic heterocycles. The van der Waals surface area contributed by atoms with Crippen molar-refractivity contribution in [3.05, 3.63) is 28.3 Å². The summed E-state index contributed by atoms with van der Waals surface area (Å²) in [6, 6.07) is 4.61. The van der Waals surface area contributed by atoms with Gasteiger partial charge in [0.15, 0.2) is 9.84 Å². The zero-order valence-electron chi connectivity index (χ0n) is 13.7. The largest absolute Gasteiger partial charge is 0.364 e. The van der Waals surface area contributed by atoms with Crippen LogP contribution in [0.25, 0.3) is 0 Å². The second-order valence-electron chi connectivity index (χ2n) is 6.67. The normalized spacial score (nSPS) is 21.0. The summed E-state index contributed by atoms with van der Waals surface area (Å²) in [5.74, 6) is 0.917. The summed E-state index contributed by atoms with van der Waals surface area (Å²) in [7, 11) is -3.65. The molecular formula is C16H22N2O4S2. The Morgan fingerprint density at radius 3 is 2.58 bits per heavy atom. The van der Waals surface area contributed by atoms with Crippen molar-refractivity contribution in [2.45, 2.75) is 41.7 Å². The Bertz CT molecular complexity index is 737. The first-order valence-electron chi connectivity index (χ1n) is 8.19. The molecule has 2 fully saturated rings. The monoisotopic (exact) mass is 370 g/mol. The molecule has 1 saturated carbocycles. The molecule has 1 aliphatic heterocycles. The Hall–Kier alpha value is -1.28. The lowest BCUT2D eigenvalue weighted by Crippen LogP contribution is -2.48. The number of hydrogen-bond acceptors (Lipinski definition) is 6. The third-order valence-electron chi connectivity index (χ3n) is 4.91. The van der Waals surface area contributed by atoms with E-state index in [0.717, 1.165) is 31.4 Å². The lowest BCUT2D eigenvalue weighted by atomic mass is 9.87. The number of nitro groups is 1. The number of hydrogen-bond donors (Lipinski definition) is 0. The van der Waals surface area contributed by atoms with Crippen LogP contribution in [-0.2, 0) is 9.84 Å². The van der Waals surface area contributed by atoms with E-state index in [1.54, 1.807) is 12.1 Å². The van der Waals surface area contributed by atoms with Crippen LogP contribution >= 0.6 is 11.8 Å². The van der Waals surface area contributed by atoms with Crippen molar-refractivity contribution in [2.24, 2.45) is 0 Å². The van der Waals surface area contributed by atoms with Gasteiger partial charge in [-0.05, 0) is 25.0 Å². The number of anilines is 1. The van der Waals surface area contributed by atoms with Crippen molar-refractivity contribution in [3.63, 3.8) is 0 Å². The summed E-state index contributed by atoms with van der Waals surface area (Å²) in [5, 5.41) is 11.6. The number of rotatable bonds is 3. The second kappa shape index (κ2) is 6.55. The van der Waals surface area contributed by atoms with E-state index in [1.165, 1.54) is 25.3 Å². The van der Waals surface area contributed by atoms with Crippen molar-refractivity contribution in [1.29, 1.82) is 0 Å². The number of nitrogens with zero attached hydrogens (tertiary/aromatic N) is 2. The van der Waals surface area contributed by atoms with E-state index in [9.17, 15) is 18.5 Å². The van der Waals surface area contributed by atoms with Crippen LogP contribution in [0.3, 0.4) is 0 Å². The molecule has 24 heavy (non-hydrogen) atoms. The van der Waals surface area contributed by atoms with Gasteiger partial charge in [-0.25, -0.2) is 8.42 Å². The summed E-state index contributed by atoms with van der Waals surface area (Å²) in [4.78, 5) is 12.9. The molecule has 1 spiro atoms. The van der Waals surface area contributed by atoms with E-state index in [0.29, 0.717) is 12.2 Å². The van der Waals surface area contributed by atoms with Gasteiger partial charge in [-0.1, -0.05) is 25.3 Å². The molecule has 0 bridgehead atoms. The van der Waals surface area contributed by atoms with E-state index in [1.807, 2.05) is 16.7 Å². The zero-order valence-corrected chi connectivity index (χ0v) is 15.4. The van der Waals surface area contributed by atoms with Gasteiger partial charge in [-0.15, -0.1) is 0 Å². The number of thioether (sulfide) groups is 1. The van der Waals surface area contributed by atoms with Gasteiger partial charge in [0.05, 0.1) is 4.92 Å². The lowest BCUT2D eigenvalue weighted by Gasteiger charge is -2.45. The third-order valence-corrected chi connectivity index (χ3v) is 7.58. The highest BCUT2D eigenvalue weighted by Gasteiger charge is 2.39. The van der Waals surface area contributed by atoms with E-state index in [2.05, 4.69) is 0 Å². The molecule has 0 amide bonds. The predicted octanol–water partition coefficient (Wildman–Crippen LogP) is 3.25. The van der Waals surface area contributed by atoms with Crippen LogP contribution < -0.4 is 4.90 Å². The molecule has 8 heteroatoms. The second-order valence-corrected chi connectivity index (χ2v) is 10.2. The molecule has 6 nitrogen and oxygen atoms in total. The topological polar surface area (TPSA) is 80.5 Å². The maximum absolute atomic E-state index is 12.0. The summed E-state index contributed by atoms with van der Waals surface area (Å²) < 4.78 is 24.1.